The van der Waals surface area contributed by atoms with E-state index in [1.54, 1.807) is 4.90 Å². The van der Waals surface area contributed by atoms with Gasteiger partial charge >= 0.3 is 0 Å². The van der Waals surface area contributed by atoms with Gasteiger partial charge in [-0.25, -0.2) is 0 Å². The Kier molecular flexibility index (Phi) is 7.06. The van der Waals surface area contributed by atoms with Crippen LogP contribution in [0.4, 0.5) is 0 Å². The van der Waals surface area contributed by atoms with E-state index in [-0.39, 0.29) is 30.4 Å². The molecule has 3 N–H and O–H groups in total. The highest BCUT2D eigenvalue weighted by Gasteiger charge is 2.28. The van der Waals surface area contributed by atoms with Crippen LogP contribution in [0.5, 0.6) is 5.75 Å². The van der Waals surface area contributed by atoms with Crippen LogP contribution in [-0.4, -0.2) is 49.0 Å². The lowest BCUT2D eigenvalue weighted by Crippen LogP contribution is -2.47. The Morgan fingerprint density at radius 2 is 2.12 bits per heavy atom. The van der Waals surface area contributed by atoms with Gasteiger partial charge in [0.15, 0.2) is 6.61 Å². The number of amides is 2. The monoisotopic (exact) mass is 333 g/mol. The molecule has 132 valence electrons. The van der Waals surface area contributed by atoms with Crippen LogP contribution < -0.4 is 15.8 Å². The number of nitrogens with zero attached hydrogens (tertiary/aromatic N) is 1. The first-order chi connectivity index (χ1) is 11.6. The fourth-order valence-corrected chi connectivity index (χ4v) is 2.74. The van der Waals surface area contributed by atoms with Crippen molar-refractivity contribution in [3.8, 4) is 5.75 Å². The van der Waals surface area contributed by atoms with Gasteiger partial charge < -0.3 is 20.7 Å². The van der Waals surface area contributed by atoms with Crippen molar-refractivity contribution >= 4 is 11.8 Å². The number of rotatable bonds is 7. The summed E-state index contributed by atoms with van der Waals surface area (Å²) >= 11 is 0. The molecule has 0 aromatic heterocycles. The van der Waals surface area contributed by atoms with Crippen molar-refractivity contribution < 1.29 is 14.3 Å². The summed E-state index contributed by atoms with van der Waals surface area (Å²) in [5, 5.41) is 2.91. The zero-order valence-corrected chi connectivity index (χ0v) is 14.2. The summed E-state index contributed by atoms with van der Waals surface area (Å²) < 4.78 is 5.50. The van der Waals surface area contributed by atoms with Crippen molar-refractivity contribution in [3.05, 3.63) is 30.3 Å². The lowest BCUT2D eigenvalue weighted by molar-refractivity contribution is -0.137. The largest absolute Gasteiger partial charge is 0.484 e. The van der Waals surface area contributed by atoms with Crippen LogP contribution in [0.15, 0.2) is 30.3 Å². The number of nitrogens with two attached hydrogens (primary N) is 1. The molecule has 6 nitrogen and oxygen atoms in total. The van der Waals surface area contributed by atoms with Gasteiger partial charge in [0.25, 0.3) is 5.91 Å². The van der Waals surface area contributed by atoms with Gasteiger partial charge in [-0.1, -0.05) is 18.2 Å². The van der Waals surface area contributed by atoms with Crippen LogP contribution in [0.2, 0.25) is 0 Å². The van der Waals surface area contributed by atoms with E-state index in [2.05, 4.69) is 5.32 Å². The van der Waals surface area contributed by atoms with Gasteiger partial charge in [0.2, 0.25) is 5.91 Å². The number of benzene rings is 1. The van der Waals surface area contributed by atoms with Gasteiger partial charge in [-0.3, -0.25) is 9.59 Å². The molecule has 2 rings (SSSR count). The molecule has 1 fully saturated rings. The molecular formula is C18H27N3O3. The van der Waals surface area contributed by atoms with E-state index in [4.69, 9.17) is 10.5 Å². The first-order valence-electron chi connectivity index (χ1n) is 8.55. The average molecular weight is 333 g/mol. The van der Waals surface area contributed by atoms with Crippen molar-refractivity contribution in [1.82, 2.24) is 10.2 Å². The fourth-order valence-electron chi connectivity index (χ4n) is 2.74. The first-order valence-corrected chi connectivity index (χ1v) is 8.55. The van der Waals surface area contributed by atoms with Gasteiger partial charge in [0.1, 0.15) is 5.75 Å². The van der Waals surface area contributed by atoms with E-state index in [1.165, 1.54) is 0 Å². The van der Waals surface area contributed by atoms with E-state index < -0.39 is 0 Å². The number of likely N-dealkylation sites (tertiary alicyclic amines) is 1. The Hall–Kier alpha value is -2.08. The van der Waals surface area contributed by atoms with E-state index in [9.17, 15) is 9.59 Å². The minimum atomic E-state index is -0.146. The second-order valence-electron chi connectivity index (χ2n) is 6.34. The molecule has 1 aromatic rings. The number of piperidine rings is 1. The van der Waals surface area contributed by atoms with Crippen LogP contribution in [0.25, 0.3) is 0 Å². The predicted octanol–water partition coefficient (Wildman–Crippen LogP) is 1.16. The smallest absolute Gasteiger partial charge is 0.260 e. The molecule has 0 spiro atoms. The Labute approximate surface area is 143 Å². The molecule has 0 bridgehead atoms. The summed E-state index contributed by atoms with van der Waals surface area (Å²) in [4.78, 5) is 26.2. The number of ether oxygens (including phenoxy) is 1. The molecular weight excluding hydrogens is 306 g/mol. The summed E-state index contributed by atoms with van der Waals surface area (Å²) in [5.41, 5.74) is 5.68. The van der Waals surface area contributed by atoms with Crippen LogP contribution in [0.1, 0.15) is 26.2 Å². The zero-order chi connectivity index (χ0) is 17.4. The van der Waals surface area contributed by atoms with Crippen molar-refractivity contribution in [2.45, 2.75) is 32.2 Å². The summed E-state index contributed by atoms with van der Waals surface area (Å²) in [6.45, 7) is 3.64. The molecule has 0 aliphatic carbocycles. The van der Waals surface area contributed by atoms with Gasteiger partial charge in [-0.2, -0.15) is 0 Å². The second-order valence-corrected chi connectivity index (χ2v) is 6.34. The first kappa shape index (κ1) is 18.3. The normalized spacial score (nSPS) is 18.8. The van der Waals surface area contributed by atoms with Crippen molar-refractivity contribution in [3.63, 3.8) is 0 Å². The standard InChI is InChI=1S/C18H27N3O3/c1-14(19)9-10-20-18(23)15-6-5-11-21(12-15)17(22)13-24-16-7-3-2-4-8-16/h2-4,7-8,14-15H,5-6,9-13,19H2,1H3,(H,20,23). The van der Waals surface area contributed by atoms with E-state index >= 15 is 0 Å². The van der Waals surface area contributed by atoms with Gasteiger partial charge in [-0.15, -0.1) is 0 Å². The van der Waals surface area contributed by atoms with Crippen LogP contribution in [0, 0.1) is 5.92 Å². The molecule has 1 aromatic carbocycles. The highest BCUT2D eigenvalue weighted by atomic mass is 16.5. The third kappa shape index (κ3) is 5.85. The number of hydrogen-bond donors (Lipinski definition) is 2. The average Bonchev–Trinajstić information content (AvgIpc) is 2.60. The Morgan fingerprint density at radius 3 is 2.83 bits per heavy atom. The maximum Gasteiger partial charge on any atom is 0.260 e. The van der Waals surface area contributed by atoms with Crippen LogP contribution >= 0.6 is 0 Å². The SMILES string of the molecule is CC(N)CCNC(=O)C1CCCN(C(=O)COc2ccccc2)C1. The van der Waals surface area contributed by atoms with Gasteiger partial charge in [-0.05, 0) is 38.3 Å². The van der Waals surface area contributed by atoms with Crippen molar-refractivity contribution in [2.75, 3.05) is 26.2 Å². The summed E-state index contributed by atoms with van der Waals surface area (Å²) in [6, 6.07) is 9.33. The lowest BCUT2D eigenvalue weighted by atomic mass is 9.97. The summed E-state index contributed by atoms with van der Waals surface area (Å²) in [5.74, 6) is 0.463. The molecule has 6 heteroatoms. The van der Waals surface area contributed by atoms with Crippen molar-refractivity contribution in [1.29, 1.82) is 0 Å². The minimum absolute atomic E-state index is 0.00302. The van der Waals surface area contributed by atoms with E-state index in [0.717, 1.165) is 19.3 Å². The zero-order valence-electron chi connectivity index (χ0n) is 14.2. The number of para-hydroxylation sites is 1. The molecule has 2 atom stereocenters. The number of carbonyl (C=O) groups is 2. The summed E-state index contributed by atoms with van der Waals surface area (Å²) in [6.07, 6.45) is 2.40. The molecule has 1 saturated heterocycles. The quantitative estimate of drug-likeness (QED) is 0.784. The maximum absolute atomic E-state index is 12.3. The topological polar surface area (TPSA) is 84.7 Å². The van der Waals surface area contributed by atoms with Gasteiger partial charge in [0.05, 0.1) is 5.92 Å². The molecule has 24 heavy (non-hydrogen) atoms. The third-order valence-electron chi connectivity index (χ3n) is 4.15. The number of carbonyl (C=O) groups excluding carboxylic acids is 2. The predicted molar refractivity (Wildman–Crippen MR) is 92.5 cm³/mol. The minimum Gasteiger partial charge on any atom is -0.484 e. The lowest BCUT2D eigenvalue weighted by Gasteiger charge is -2.32. The molecule has 1 aliphatic rings. The number of hydrogen-bond acceptors (Lipinski definition) is 4. The second kappa shape index (κ2) is 9.27. The van der Waals surface area contributed by atoms with E-state index in [0.29, 0.717) is 25.4 Å². The van der Waals surface area contributed by atoms with E-state index in [1.807, 2.05) is 37.3 Å². The van der Waals surface area contributed by atoms with Crippen LogP contribution in [0.3, 0.4) is 0 Å². The highest BCUT2D eigenvalue weighted by Crippen LogP contribution is 2.17. The Morgan fingerprint density at radius 1 is 1.38 bits per heavy atom. The van der Waals surface area contributed by atoms with Gasteiger partial charge in [0, 0.05) is 25.7 Å². The Bertz CT molecular complexity index is 534. The number of nitrogens with one attached hydrogen (secondary N) is 1. The van der Waals surface area contributed by atoms with Crippen LogP contribution in [-0.2, 0) is 9.59 Å². The Balaban J connectivity index is 1.77. The molecule has 2 unspecified atom stereocenters. The van der Waals surface area contributed by atoms with Crippen molar-refractivity contribution in [2.24, 2.45) is 11.7 Å². The molecule has 2 amide bonds. The third-order valence-corrected chi connectivity index (χ3v) is 4.15. The fraction of sp³-hybridized carbons (Fsp3) is 0.556. The molecule has 1 aliphatic heterocycles. The maximum atomic E-state index is 12.3. The molecule has 0 saturated carbocycles. The highest BCUT2D eigenvalue weighted by molar-refractivity contribution is 5.81. The molecule has 0 radical (unpaired) electrons. The molecule has 1 heterocycles. The summed E-state index contributed by atoms with van der Waals surface area (Å²) in [7, 11) is 0.